The van der Waals surface area contributed by atoms with Gasteiger partial charge in [0.05, 0.1) is 17.7 Å². The molecule has 0 unspecified atom stereocenters. The van der Waals surface area contributed by atoms with Crippen molar-refractivity contribution >= 4 is 55.1 Å². The summed E-state index contributed by atoms with van der Waals surface area (Å²) in [7, 11) is -2.73. The van der Waals surface area contributed by atoms with Crippen LogP contribution < -0.4 is 14.4 Å². The van der Waals surface area contributed by atoms with Crippen LogP contribution in [0.15, 0.2) is 82.2 Å². The Hall–Kier alpha value is -3.08. The molecule has 0 aliphatic rings. The van der Waals surface area contributed by atoms with Crippen molar-refractivity contribution in [2.45, 2.75) is 50.7 Å². The van der Waals surface area contributed by atoms with Gasteiger partial charge in [0.2, 0.25) is 11.8 Å². The van der Waals surface area contributed by atoms with E-state index in [1.807, 2.05) is 45.0 Å². The van der Waals surface area contributed by atoms with Crippen molar-refractivity contribution in [2.75, 3.05) is 18.0 Å². The minimum Gasteiger partial charge on any atom is -0.497 e. The minimum atomic E-state index is -4.22. The lowest BCUT2D eigenvalue weighted by molar-refractivity contribution is -0.140. The molecule has 0 aromatic heterocycles. The molecule has 0 bridgehead atoms. The number of carbonyl (C=O) groups is 2. The lowest BCUT2D eigenvalue weighted by atomic mass is 10.1. The van der Waals surface area contributed by atoms with E-state index in [2.05, 4.69) is 21.2 Å². The lowest BCUT2D eigenvalue weighted by Crippen LogP contribution is -2.54. The van der Waals surface area contributed by atoms with Gasteiger partial charge in [0.15, 0.2) is 0 Å². The first-order valence-electron chi connectivity index (χ1n) is 12.5. The van der Waals surface area contributed by atoms with Gasteiger partial charge in [-0.3, -0.25) is 13.9 Å². The van der Waals surface area contributed by atoms with E-state index in [1.165, 1.54) is 42.3 Å². The number of benzene rings is 3. The molecule has 1 atom stereocenters. The Morgan fingerprint density at radius 1 is 1.02 bits per heavy atom. The van der Waals surface area contributed by atoms with Gasteiger partial charge in [-0.15, -0.1) is 0 Å². The molecule has 0 fully saturated rings. The highest BCUT2D eigenvalue weighted by Crippen LogP contribution is 2.28. The van der Waals surface area contributed by atoms with Crippen molar-refractivity contribution in [2.24, 2.45) is 0 Å². The number of nitrogens with one attached hydrogen (secondary N) is 1. The fourth-order valence-electron chi connectivity index (χ4n) is 3.92. The van der Waals surface area contributed by atoms with E-state index in [1.54, 1.807) is 25.1 Å². The number of anilines is 1. The maximum Gasteiger partial charge on any atom is 0.264 e. The molecule has 0 saturated heterocycles. The van der Waals surface area contributed by atoms with Crippen LogP contribution in [0.2, 0.25) is 5.02 Å². The van der Waals surface area contributed by atoms with Crippen LogP contribution in [0.3, 0.4) is 0 Å². The average Bonchev–Trinajstić information content (AvgIpc) is 2.88. The third-order valence-electron chi connectivity index (χ3n) is 5.93. The van der Waals surface area contributed by atoms with Crippen molar-refractivity contribution in [1.82, 2.24) is 10.2 Å². The Balaban J connectivity index is 2.04. The molecular weight excluding hydrogens is 618 g/mol. The molecule has 3 aromatic rings. The molecule has 0 aliphatic heterocycles. The fraction of sp³-hybridized carbons (Fsp3) is 0.310. The molecule has 0 saturated carbocycles. The van der Waals surface area contributed by atoms with Crippen LogP contribution in [0.4, 0.5) is 5.69 Å². The van der Waals surface area contributed by atoms with Gasteiger partial charge in [0, 0.05) is 21.6 Å². The van der Waals surface area contributed by atoms with Gasteiger partial charge in [-0.05, 0) is 87.9 Å². The summed E-state index contributed by atoms with van der Waals surface area (Å²) in [5, 5.41) is 3.22. The maximum atomic E-state index is 14.0. The molecule has 8 nitrogen and oxygen atoms in total. The minimum absolute atomic E-state index is 0.0295. The Bertz CT molecular complexity index is 1460. The Morgan fingerprint density at radius 3 is 2.25 bits per heavy atom. The summed E-state index contributed by atoms with van der Waals surface area (Å²) >= 11 is 9.65. The normalized spacial score (nSPS) is 12.4. The predicted molar refractivity (Wildman–Crippen MR) is 161 cm³/mol. The van der Waals surface area contributed by atoms with E-state index >= 15 is 0 Å². The van der Waals surface area contributed by atoms with Gasteiger partial charge in [0.25, 0.3) is 10.0 Å². The van der Waals surface area contributed by atoms with Crippen LogP contribution in [-0.2, 0) is 26.2 Å². The lowest BCUT2D eigenvalue weighted by Gasteiger charge is -2.33. The number of hydrogen-bond donors (Lipinski definition) is 1. The molecule has 0 radical (unpaired) electrons. The van der Waals surface area contributed by atoms with Gasteiger partial charge < -0.3 is 15.0 Å². The summed E-state index contributed by atoms with van der Waals surface area (Å²) in [6.45, 7) is 6.69. The average molecular weight is 651 g/mol. The van der Waals surface area contributed by atoms with E-state index < -0.39 is 34.1 Å². The zero-order chi connectivity index (χ0) is 29.7. The maximum absolute atomic E-state index is 14.0. The van der Waals surface area contributed by atoms with Crippen molar-refractivity contribution in [3.05, 3.63) is 87.9 Å². The third-order valence-corrected chi connectivity index (χ3v) is 8.45. The number of methoxy groups -OCH3 is 1. The number of nitrogens with zero attached hydrogens (tertiary/aromatic N) is 2. The van der Waals surface area contributed by atoms with Crippen LogP contribution in [-0.4, -0.2) is 50.4 Å². The zero-order valence-corrected chi connectivity index (χ0v) is 26.2. The third kappa shape index (κ3) is 8.22. The van der Waals surface area contributed by atoms with Crippen molar-refractivity contribution in [3.63, 3.8) is 0 Å². The summed E-state index contributed by atoms with van der Waals surface area (Å²) in [6.07, 6.45) is 0. The van der Waals surface area contributed by atoms with Gasteiger partial charge in [-0.1, -0.05) is 45.7 Å². The first-order chi connectivity index (χ1) is 18.7. The van der Waals surface area contributed by atoms with Gasteiger partial charge >= 0.3 is 0 Å². The van der Waals surface area contributed by atoms with E-state index in [-0.39, 0.29) is 23.0 Å². The van der Waals surface area contributed by atoms with Crippen molar-refractivity contribution < 1.29 is 22.7 Å². The number of sulfonamides is 1. The first-order valence-corrected chi connectivity index (χ1v) is 15.1. The van der Waals surface area contributed by atoms with Crippen LogP contribution in [0.1, 0.15) is 33.3 Å². The summed E-state index contributed by atoms with van der Waals surface area (Å²) in [4.78, 5) is 28.5. The summed E-state index contributed by atoms with van der Waals surface area (Å²) in [6, 6.07) is 18.6. The number of halogens is 2. The highest BCUT2D eigenvalue weighted by atomic mass is 79.9. The van der Waals surface area contributed by atoms with Gasteiger partial charge in [-0.2, -0.15) is 0 Å². The number of amides is 2. The van der Waals surface area contributed by atoms with Crippen LogP contribution in [0.25, 0.3) is 0 Å². The quantitative estimate of drug-likeness (QED) is 0.307. The van der Waals surface area contributed by atoms with E-state index in [4.69, 9.17) is 16.3 Å². The fourth-order valence-corrected chi connectivity index (χ4v) is 5.96. The summed E-state index contributed by atoms with van der Waals surface area (Å²) < 4.78 is 34.7. The van der Waals surface area contributed by atoms with E-state index in [9.17, 15) is 18.0 Å². The number of carbonyl (C=O) groups excluding carboxylic acids is 2. The van der Waals surface area contributed by atoms with Crippen LogP contribution >= 0.6 is 27.5 Å². The Labute approximate surface area is 249 Å². The summed E-state index contributed by atoms with van der Waals surface area (Å²) in [5.74, 6) is -0.431. The highest BCUT2D eigenvalue weighted by Gasteiger charge is 2.33. The molecule has 3 rings (SSSR count). The number of ether oxygens (including phenoxy) is 1. The number of hydrogen-bond acceptors (Lipinski definition) is 5. The molecule has 3 aromatic carbocycles. The largest absolute Gasteiger partial charge is 0.497 e. The molecule has 40 heavy (non-hydrogen) atoms. The SMILES string of the molecule is COc1ccc(S(=O)(=O)N(CC(=O)N(Cc2cccc(Br)c2)[C@H](C)C(=O)NC(C)(C)C)c2cccc(Cl)c2)cc1. The molecule has 0 heterocycles. The van der Waals surface area contributed by atoms with E-state index in [0.29, 0.717) is 10.8 Å². The predicted octanol–water partition coefficient (Wildman–Crippen LogP) is 5.64. The topological polar surface area (TPSA) is 96.0 Å². The Kier molecular flexibility index (Phi) is 10.3. The van der Waals surface area contributed by atoms with Crippen molar-refractivity contribution in [3.8, 4) is 5.75 Å². The molecule has 11 heteroatoms. The van der Waals surface area contributed by atoms with Crippen LogP contribution in [0.5, 0.6) is 5.75 Å². The second-order valence-electron chi connectivity index (χ2n) is 10.2. The van der Waals surface area contributed by atoms with E-state index in [0.717, 1.165) is 14.3 Å². The molecule has 0 spiro atoms. The standard InChI is InChI=1S/C29H33BrClN3O5S/c1-20(28(36)32-29(2,3)4)33(18-21-8-6-9-22(30)16-21)27(35)19-34(24-11-7-10-23(31)17-24)40(37,38)26-14-12-25(39-5)13-15-26/h6-17,20H,18-19H2,1-5H3,(H,32,36)/t20-/m1/s1. The molecule has 214 valence electrons. The molecular formula is C29H33BrClN3O5S. The first kappa shape index (κ1) is 31.4. The van der Waals surface area contributed by atoms with Gasteiger partial charge in [-0.25, -0.2) is 8.42 Å². The molecule has 2 amide bonds. The van der Waals surface area contributed by atoms with Crippen LogP contribution in [0, 0.1) is 0 Å². The smallest absolute Gasteiger partial charge is 0.264 e. The molecule has 0 aliphatic carbocycles. The highest BCUT2D eigenvalue weighted by molar-refractivity contribution is 9.10. The molecule has 1 N–H and O–H groups in total. The van der Waals surface area contributed by atoms with Gasteiger partial charge in [0.1, 0.15) is 18.3 Å². The second-order valence-corrected chi connectivity index (χ2v) is 13.4. The summed E-state index contributed by atoms with van der Waals surface area (Å²) in [5.41, 5.74) is 0.455. The zero-order valence-electron chi connectivity index (χ0n) is 23.0. The second kappa shape index (κ2) is 13.1. The monoisotopic (exact) mass is 649 g/mol. The number of rotatable bonds is 10. The Morgan fingerprint density at radius 2 is 1.68 bits per heavy atom. The van der Waals surface area contributed by atoms with Crippen molar-refractivity contribution in [1.29, 1.82) is 0 Å².